The van der Waals surface area contributed by atoms with E-state index in [9.17, 15) is 8.42 Å². The highest BCUT2D eigenvalue weighted by Crippen LogP contribution is 2.44. The SMILES string of the molecule is CS(=O)(=O)NC1(C2CNC2)CC1. The second-order valence-electron chi connectivity index (χ2n) is 3.89. The summed E-state index contributed by atoms with van der Waals surface area (Å²) in [4.78, 5) is 0. The molecule has 70 valence electrons. The maximum absolute atomic E-state index is 11.0. The monoisotopic (exact) mass is 190 g/mol. The fraction of sp³-hybridized carbons (Fsp3) is 1.00. The van der Waals surface area contributed by atoms with E-state index in [0.717, 1.165) is 25.9 Å². The van der Waals surface area contributed by atoms with Crippen LogP contribution in [0.5, 0.6) is 0 Å². The first-order chi connectivity index (χ1) is 5.52. The van der Waals surface area contributed by atoms with Crippen LogP contribution < -0.4 is 10.0 Å². The molecule has 0 bridgehead atoms. The van der Waals surface area contributed by atoms with Crippen LogP contribution >= 0.6 is 0 Å². The molecule has 1 saturated heterocycles. The predicted molar refractivity (Wildman–Crippen MR) is 46.3 cm³/mol. The van der Waals surface area contributed by atoms with Crippen LogP contribution in [0.15, 0.2) is 0 Å². The normalized spacial score (nSPS) is 28.1. The molecule has 1 saturated carbocycles. The lowest BCUT2D eigenvalue weighted by molar-refractivity contribution is 0.262. The summed E-state index contributed by atoms with van der Waals surface area (Å²) >= 11 is 0. The van der Waals surface area contributed by atoms with Crippen LogP contribution in [0, 0.1) is 5.92 Å². The van der Waals surface area contributed by atoms with E-state index in [0.29, 0.717) is 5.92 Å². The first-order valence-corrected chi connectivity index (χ1v) is 6.11. The molecule has 0 atom stereocenters. The van der Waals surface area contributed by atoms with Gasteiger partial charge < -0.3 is 5.32 Å². The summed E-state index contributed by atoms with van der Waals surface area (Å²) < 4.78 is 24.7. The quantitative estimate of drug-likeness (QED) is 0.618. The Morgan fingerprint density at radius 1 is 1.42 bits per heavy atom. The molecule has 0 radical (unpaired) electrons. The first kappa shape index (κ1) is 8.47. The van der Waals surface area contributed by atoms with Crippen LogP contribution in [0.2, 0.25) is 0 Å². The molecular weight excluding hydrogens is 176 g/mol. The highest BCUT2D eigenvalue weighted by molar-refractivity contribution is 7.88. The topological polar surface area (TPSA) is 58.2 Å². The lowest BCUT2D eigenvalue weighted by Crippen LogP contribution is -2.56. The van der Waals surface area contributed by atoms with Crippen LogP contribution in [0.1, 0.15) is 12.8 Å². The largest absolute Gasteiger partial charge is 0.316 e. The van der Waals surface area contributed by atoms with E-state index in [-0.39, 0.29) is 5.54 Å². The molecule has 0 amide bonds. The number of hydrogen-bond acceptors (Lipinski definition) is 3. The van der Waals surface area contributed by atoms with Crippen LogP contribution in [0.25, 0.3) is 0 Å². The van der Waals surface area contributed by atoms with E-state index in [1.807, 2.05) is 0 Å². The Morgan fingerprint density at radius 3 is 2.25 bits per heavy atom. The fourth-order valence-electron chi connectivity index (χ4n) is 1.78. The summed E-state index contributed by atoms with van der Waals surface area (Å²) in [5.74, 6) is 0.521. The first-order valence-electron chi connectivity index (χ1n) is 4.22. The van der Waals surface area contributed by atoms with Gasteiger partial charge in [0.1, 0.15) is 0 Å². The molecule has 0 aromatic carbocycles. The Bertz CT molecular complexity index is 278. The van der Waals surface area contributed by atoms with Gasteiger partial charge in [-0.1, -0.05) is 0 Å². The van der Waals surface area contributed by atoms with Crippen LogP contribution in [0.4, 0.5) is 0 Å². The molecular formula is C7H14N2O2S. The van der Waals surface area contributed by atoms with Gasteiger partial charge in [0.25, 0.3) is 0 Å². The zero-order valence-corrected chi connectivity index (χ0v) is 7.95. The third-order valence-electron chi connectivity index (χ3n) is 2.74. The van der Waals surface area contributed by atoms with Crippen molar-refractivity contribution in [2.45, 2.75) is 18.4 Å². The number of sulfonamides is 1. The number of nitrogens with one attached hydrogen (secondary N) is 2. The van der Waals surface area contributed by atoms with E-state index in [1.165, 1.54) is 6.26 Å². The zero-order chi connectivity index (χ0) is 8.82. The second-order valence-corrected chi connectivity index (χ2v) is 5.63. The molecule has 1 aliphatic carbocycles. The minimum atomic E-state index is -3.02. The Hall–Kier alpha value is -0.130. The fourth-order valence-corrected chi connectivity index (χ4v) is 2.89. The predicted octanol–water partition coefficient (Wildman–Crippen LogP) is -0.712. The molecule has 1 aliphatic heterocycles. The minimum absolute atomic E-state index is 0.0706. The molecule has 2 fully saturated rings. The zero-order valence-electron chi connectivity index (χ0n) is 7.13. The average Bonchev–Trinajstić information content (AvgIpc) is 2.36. The van der Waals surface area contributed by atoms with Gasteiger partial charge >= 0.3 is 0 Å². The van der Waals surface area contributed by atoms with E-state index < -0.39 is 10.0 Å². The molecule has 2 N–H and O–H groups in total. The summed E-state index contributed by atoms with van der Waals surface area (Å²) in [6.07, 6.45) is 3.25. The van der Waals surface area contributed by atoms with Gasteiger partial charge in [-0.2, -0.15) is 0 Å². The molecule has 4 nitrogen and oxygen atoms in total. The smallest absolute Gasteiger partial charge is 0.209 e. The molecule has 12 heavy (non-hydrogen) atoms. The third kappa shape index (κ3) is 1.48. The van der Waals surface area contributed by atoms with Crippen molar-refractivity contribution in [3.05, 3.63) is 0 Å². The Kier molecular flexibility index (Phi) is 1.72. The number of rotatable bonds is 3. The maximum atomic E-state index is 11.0. The van der Waals surface area contributed by atoms with Gasteiger partial charge in [-0.15, -0.1) is 0 Å². The standard InChI is InChI=1S/C7H14N2O2S/c1-12(10,11)9-7(2-3-7)6-4-8-5-6/h6,8-9H,2-5H2,1H3. The molecule has 5 heteroatoms. The van der Waals surface area contributed by atoms with Crippen molar-refractivity contribution in [3.63, 3.8) is 0 Å². The van der Waals surface area contributed by atoms with Crippen molar-refractivity contribution in [3.8, 4) is 0 Å². The maximum Gasteiger partial charge on any atom is 0.209 e. The molecule has 2 rings (SSSR count). The van der Waals surface area contributed by atoms with Crippen LogP contribution in [-0.2, 0) is 10.0 Å². The van der Waals surface area contributed by atoms with Gasteiger partial charge in [-0.05, 0) is 12.8 Å². The van der Waals surface area contributed by atoms with Gasteiger partial charge in [0, 0.05) is 24.5 Å². The van der Waals surface area contributed by atoms with Gasteiger partial charge in [-0.25, -0.2) is 13.1 Å². The highest BCUT2D eigenvalue weighted by atomic mass is 32.2. The summed E-state index contributed by atoms with van der Waals surface area (Å²) in [5.41, 5.74) is -0.0706. The third-order valence-corrected chi connectivity index (χ3v) is 3.52. The summed E-state index contributed by atoms with van der Waals surface area (Å²) in [5, 5.41) is 3.16. The Morgan fingerprint density at radius 2 is 2.00 bits per heavy atom. The number of hydrogen-bond donors (Lipinski definition) is 2. The molecule has 1 heterocycles. The van der Waals surface area contributed by atoms with Crippen molar-refractivity contribution in [2.75, 3.05) is 19.3 Å². The lowest BCUT2D eigenvalue weighted by atomic mass is 9.92. The van der Waals surface area contributed by atoms with Crippen molar-refractivity contribution in [2.24, 2.45) is 5.92 Å². The lowest BCUT2D eigenvalue weighted by Gasteiger charge is -2.35. The van der Waals surface area contributed by atoms with Gasteiger partial charge in [0.2, 0.25) is 10.0 Å². The van der Waals surface area contributed by atoms with Crippen molar-refractivity contribution in [1.29, 1.82) is 0 Å². The Labute approximate surface area is 72.8 Å². The highest BCUT2D eigenvalue weighted by Gasteiger charge is 2.52. The summed E-state index contributed by atoms with van der Waals surface area (Å²) in [6, 6.07) is 0. The van der Waals surface area contributed by atoms with E-state index in [4.69, 9.17) is 0 Å². The van der Waals surface area contributed by atoms with Gasteiger partial charge in [0.15, 0.2) is 0 Å². The van der Waals surface area contributed by atoms with E-state index >= 15 is 0 Å². The molecule has 0 aromatic rings. The summed E-state index contributed by atoms with van der Waals surface area (Å²) in [7, 11) is -3.02. The average molecular weight is 190 g/mol. The van der Waals surface area contributed by atoms with Crippen LogP contribution in [-0.4, -0.2) is 33.3 Å². The summed E-state index contributed by atoms with van der Waals surface area (Å²) in [6.45, 7) is 1.92. The molecule has 0 spiro atoms. The van der Waals surface area contributed by atoms with Crippen molar-refractivity contribution >= 4 is 10.0 Å². The molecule has 2 aliphatic rings. The van der Waals surface area contributed by atoms with Crippen LogP contribution in [0.3, 0.4) is 0 Å². The van der Waals surface area contributed by atoms with Gasteiger partial charge in [-0.3, -0.25) is 0 Å². The van der Waals surface area contributed by atoms with E-state index in [1.54, 1.807) is 0 Å². The molecule has 0 unspecified atom stereocenters. The molecule has 0 aromatic heterocycles. The van der Waals surface area contributed by atoms with Gasteiger partial charge in [0.05, 0.1) is 6.26 Å². The van der Waals surface area contributed by atoms with Crippen molar-refractivity contribution in [1.82, 2.24) is 10.0 Å². The minimum Gasteiger partial charge on any atom is -0.316 e. The van der Waals surface area contributed by atoms with E-state index in [2.05, 4.69) is 10.0 Å². The Balaban J connectivity index is 2.02. The van der Waals surface area contributed by atoms with Crippen molar-refractivity contribution < 1.29 is 8.42 Å². The second kappa shape index (κ2) is 2.43.